The van der Waals surface area contributed by atoms with Gasteiger partial charge in [0.1, 0.15) is 12.4 Å². The average molecular weight is 239 g/mol. The zero-order valence-corrected chi connectivity index (χ0v) is 11.4. The molecule has 0 radical (unpaired) electrons. The lowest BCUT2D eigenvalue weighted by Crippen LogP contribution is -2.32. The van der Waals surface area contributed by atoms with Crippen LogP contribution in [0.5, 0.6) is 0 Å². The molecule has 1 rings (SSSR count). The van der Waals surface area contributed by atoms with Crippen molar-refractivity contribution in [3.05, 3.63) is 18.7 Å². The van der Waals surface area contributed by atoms with E-state index in [1.165, 1.54) is 44.9 Å². The maximum absolute atomic E-state index is 5.61. The Morgan fingerprint density at radius 1 is 1.06 bits per heavy atom. The molecule has 0 aromatic carbocycles. The molecule has 0 atom stereocenters. The number of nitrogens with zero attached hydrogens (tertiary/aromatic N) is 2. The van der Waals surface area contributed by atoms with E-state index >= 15 is 0 Å². The van der Waals surface area contributed by atoms with E-state index in [1.54, 1.807) is 0 Å². The highest BCUT2D eigenvalue weighted by Crippen LogP contribution is 2.06. The van der Waals surface area contributed by atoms with Gasteiger partial charge in [-0.25, -0.2) is 9.13 Å². The second-order valence-electron chi connectivity index (χ2n) is 4.75. The van der Waals surface area contributed by atoms with Gasteiger partial charge < -0.3 is 4.74 Å². The Bertz CT molecular complexity index is 284. The van der Waals surface area contributed by atoms with Crippen molar-refractivity contribution in [2.45, 2.75) is 58.6 Å². The number of imidazole rings is 1. The predicted octanol–water partition coefficient (Wildman–Crippen LogP) is 3.04. The number of hydrogen-bond donors (Lipinski definition) is 0. The molecule has 17 heavy (non-hydrogen) atoms. The fraction of sp³-hybridized carbons (Fsp3) is 0.786. The molecule has 98 valence electrons. The van der Waals surface area contributed by atoms with Gasteiger partial charge >= 0.3 is 0 Å². The SMILES string of the molecule is CCCCCCCCCOC[n+]1ccn(C)c1. The maximum Gasteiger partial charge on any atom is 0.245 e. The van der Waals surface area contributed by atoms with Gasteiger partial charge in [-0.15, -0.1) is 0 Å². The summed E-state index contributed by atoms with van der Waals surface area (Å²) in [5.41, 5.74) is 0. The zero-order chi connectivity index (χ0) is 12.3. The van der Waals surface area contributed by atoms with Crippen LogP contribution >= 0.6 is 0 Å². The lowest BCUT2D eigenvalue weighted by Gasteiger charge is -2.02. The first-order valence-corrected chi connectivity index (χ1v) is 6.91. The molecule has 0 N–H and O–H groups in total. The molecule has 1 heterocycles. The number of rotatable bonds is 10. The molecule has 0 amide bonds. The average Bonchev–Trinajstić information content (AvgIpc) is 2.73. The largest absolute Gasteiger partial charge is 0.342 e. The van der Waals surface area contributed by atoms with Gasteiger partial charge in [0, 0.05) is 0 Å². The van der Waals surface area contributed by atoms with E-state index in [9.17, 15) is 0 Å². The number of aryl methyl sites for hydroxylation is 1. The summed E-state index contributed by atoms with van der Waals surface area (Å²) in [7, 11) is 2.02. The molecule has 0 aliphatic rings. The van der Waals surface area contributed by atoms with Crippen molar-refractivity contribution in [1.29, 1.82) is 0 Å². The Kier molecular flexibility index (Phi) is 7.72. The minimum Gasteiger partial charge on any atom is -0.342 e. The van der Waals surface area contributed by atoms with Gasteiger partial charge in [0.05, 0.1) is 13.7 Å². The van der Waals surface area contributed by atoms with Crippen molar-refractivity contribution in [1.82, 2.24) is 4.57 Å². The van der Waals surface area contributed by atoms with Crippen LogP contribution in [0.2, 0.25) is 0 Å². The number of aromatic nitrogens is 2. The Morgan fingerprint density at radius 3 is 2.41 bits per heavy atom. The summed E-state index contributed by atoms with van der Waals surface area (Å²) < 4.78 is 9.69. The second kappa shape index (κ2) is 9.23. The van der Waals surface area contributed by atoms with E-state index in [0.29, 0.717) is 6.73 Å². The number of ether oxygens (including phenoxy) is 1. The maximum atomic E-state index is 5.61. The Balaban J connectivity index is 1.84. The number of hydrogen-bond acceptors (Lipinski definition) is 1. The Hall–Kier alpha value is -0.830. The summed E-state index contributed by atoms with van der Waals surface area (Å²) in [6.07, 6.45) is 15.5. The zero-order valence-electron chi connectivity index (χ0n) is 11.4. The molecule has 3 heteroatoms. The molecule has 0 saturated heterocycles. The minimum absolute atomic E-state index is 0.677. The predicted molar refractivity (Wildman–Crippen MR) is 69.6 cm³/mol. The van der Waals surface area contributed by atoms with Gasteiger partial charge in [-0.2, -0.15) is 0 Å². The summed E-state index contributed by atoms with van der Waals surface area (Å²) in [4.78, 5) is 0. The lowest BCUT2D eigenvalue weighted by molar-refractivity contribution is -0.732. The quantitative estimate of drug-likeness (QED) is 0.453. The molecule has 0 aliphatic heterocycles. The van der Waals surface area contributed by atoms with Crippen LogP contribution in [0.4, 0.5) is 0 Å². The molecule has 1 aromatic heterocycles. The van der Waals surface area contributed by atoms with Gasteiger partial charge in [-0.1, -0.05) is 45.4 Å². The first kappa shape index (κ1) is 14.2. The molecule has 3 nitrogen and oxygen atoms in total. The lowest BCUT2D eigenvalue weighted by atomic mass is 10.1. The van der Waals surface area contributed by atoms with Crippen LogP contribution in [0.1, 0.15) is 51.9 Å². The summed E-state index contributed by atoms with van der Waals surface area (Å²) in [5, 5.41) is 0. The van der Waals surface area contributed by atoms with Crippen molar-refractivity contribution in [3.8, 4) is 0 Å². The molecular weight excluding hydrogens is 212 g/mol. The molecule has 0 unspecified atom stereocenters. The Labute approximate surface area is 105 Å². The van der Waals surface area contributed by atoms with Gasteiger partial charge in [0.15, 0.2) is 6.73 Å². The highest BCUT2D eigenvalue weighted by molar-refractivity contribution is 4.61. The molecule has 1 aromatic rings. The fourth-order valence-corrected chi connectivity index (χ4v) is 1.91. The van der Waals surface area contributed by atoms with E-state index in [2.05, 4.69) is 11.5 Å². The van der Waals surface area contributed by atoms with Crippen LogP contribution in [-0.4, -0.2) is 11.2 Å². The van der Waals surface area contributed by atoms with Crippen molar-refractivity contribution in [2.75, 3.05) is 6.61 Å². The van der Waals surface area contributed by atoms with Gasteiger partial charge in [-0.3, -0.25) is 0 Å². The topological polar surface area (TPSA) is 18.0 Å². The standard InChI is InChI=1S/C14H27N2O/c1-3-4-5-6-7-8-9-12-17-14-16-11-10-15(2)13-16/h10-11,13H,3-9,12,14H2,1-2H3/q+1. The normalized spacial score (nSPS) is 10.9. The van der Waals surface area contributed by atoms with E-state index in [-0.39, 0.29) is 0 Å². The molecule has 0 spiro atoms. The monoisotopic (exact) mass is 239 g/mol. The minimum atomic E-state index is 0.677. The van der Waals surface area contributed by atoms with Gasteiger partial charge in [-0.05, 0) is 6.42 Å². The smallest absolute Gasteiger partial charge is 0.245 e. The highest BCUT2D eigenvalue weighted by atomic mass is 16.5. The summed E-state index contributed by atoms with van der Waals surface area (Å²) in [5.74, 6) is 0. The summed E-state index contributed by atoms with van der Waals surface area (Å²) in [6.45, 7) is 3.82. The Morgan fingerprint density at radius 2 is 1.76 bits per heavy atom. The van der Waals surface area contributed by atoms with E-state index in [0.717, 1.165) is 6.61 Å². The van der Waals surface area contributed by atoms with Crippen LogP contribution in [0, 0.1) is 0 Å². The van der Waals surface area contributed by atoms with Gasteiger partial charge in [0.25, 0.3) is 0 Å². The highest BCUT2D eigenvalue weighted by Gasteiger charge is 1.98. The van der Waals surface area contributed by atoms with Crippen LogP contribution in [0.15, 0.2) is 18.7 Å². The summed E-state index contributed by atoms with van der Waals surface area (Å²) >= 11 is 0. The number of unbranched alkanes of at least 4 members (excludes halogenated alkanes) is 6. The third-order valence-electron chi connectivity index (χ3n) is 2.96. The van der Waals surface area contributed by atoms with Crippen LogP contribution < -0.4 is 4.57 Å². The second-order valence-corrected chi connectivity index (χ2v) is 4.75. The molecule has 0 saturated carbocycles. The van der Waals surface area contributed by atoms with Crippen molar-refractivity contribution >= 4 is 0 Å². The van der Waals surface area contributed by atoms with Crippen molar-refractivity contribution in [3.63, 3.8) is 0 Å². The molecule has 0 fully saturated rings. The molecular formula is C14H27N2O+. The molecule has 0 aliphatic carbocycles. The van der Waals surface area contributed by atoms with Crippen LogP contribution in [-0.2, 0) is 18.5 Å². The van der Waals surface area contributed by atoms with Gasteiger partial charge in [0.2, 0.25) is 6.33 Å². The van der Waals surface area contributed by atoms with Crippen LogP contribution in [0.25, 0.3) is 0 Å². The van der Waals surface area contributed by atoms with E-state index in [1.807, 2.05) is 30.3 Å². The summed E-state index contributed by atoms with van der Waals surface area (Å²) in [6, 6.07) is 0. The van der Waals surface area contributed by atoms with Crippen molar-refractivity contribution < 1.29 is 9.30 Å². The van der Waals surface area contributed by atoms with Crippen molar-refractivity contribution in [2.24, 2.45) is 7.05 Å². The first-order chi connectivity index (χ1) is 8.33. The third-order valence-corrected chi connectivity index (χ3v) is 2.96. The fourth-order valence-electron chi connectivity index (χ4n) is 1.91. The third kappa shape index (κ3) is 7.16. The molecule has 0 bridgehead atoms. The van der Waals surface area contributed by atoms with E-state index < -0.39 is 0 Å². The van der Waals surface area contributed by atoms with E-state index in [4.69, 9.17) is 4.74 Å². The van der Waals surface area contributed by atoms with Crippen LogP contribution in [0.3, 0.4) is 0 Å². The first-order valence-electron chi connectivity index (χ1n) is 6.91.